The van der Waals surface area contributed by atoms with Gasteiger partial charge in [-0.1, -0.05) is 16.6 Å². The van der Waals surface area contributed by atoms with Crippen LogP contribution in [0.25, 0.3) is 11.3 Å². The zero-order valence-corrected chi connectivity index (χ0v) is 8.48. The average Bonchev–Trinajstić information content (AvgIpc) is 2.80. The molecule has 0 saturated carbocycles. The maximum absolute atomic E-state index is 8.32. The molecule has 2 rings (SSSR count). The molecule has 0 amide bonds. The number of nitrogens with zero attached hydrogens (tertiary/aromatic N) is 3. The van der Waals surface area contributed by atoms with Gasteiger partial charge in [-0.15, -0.1) is 5.10 Å². The van der Waals surface area contributed by atoms with Gasteiger partial charge in [-0.2, -0.15) is 0 Å². The number of hydroxylamine groups is 1. The predicted octanol–water partition coefficient (Wildman–Crippen LogP) is 1.84. The highest BCUT2D eigenvalue weighted by Gasteiger charge is 1.99. The van der Waals surface area contributed by atoms with Crippen molar-refractivity contribution in [2.24, 2.45) is 4.99 Å². The molecule has 0 aliphatic rings. The van der Waals surface area contributed by atoms with Crippen LogP contribution in [-0.2, 0) is 0 Å². The molecule has 1 aromatic heterocycles. The van der Waals surface area contributed by atoms with Crippen LogP contribution in [-0.4, -0.2) is 21.1 Å². The molecule has 0 aliphatic carbocycles. The molecule has 0 radical (unpaired) electrons. The first kappa shape index (κ1) is 9.75. The second-order valence-corrected chi connectivity index (χ2v) is 3.33. The van der Waals surface area contributed by atoms with Crippen LogP contribution in [0.2, 0.25) is 0 Å². The highest BCUT2D eigenvalue weighted by Crippen LogP contribution is 2.20. The molecule has 0 spiro atoms. The van der Waals surface area contributed by atoms with E-state index in [1.807, 2.05) is 35.1 Å². The summed E-state index contributed by atoms with van der Waals surface area (Å²) in [6.07, 6.45) is 1.21. The lowest BCUT2D eigenvalue weighted by molar-refractivity contribution is 0.240. The van der Waals surface area contributed by atoms with Crippen molar-refractivity contribution in [2.45, 2.75) is 0 Å². The largest absolute Gasteiger partial charge is 0.290 e. The summed E-state index contributed by atoms with van der Waals surface area (Å²) in [6, 6.07) is 7.48. The highest BCUT2D eigenvalue weighted by atomic mass is 32.1. The van der Waals surface area contributed by atoms with Crippen molar-refractivity contribution in [3.63, 3.8) is 0 Å². The van der Waals surface area contributed by atoms with Gasteiger partial charge in [0.1, 0.15) is 12.0 Å². The zero-order valence-electron chi connectivity index (χ0n) is 7.66. The quantitative estimate of drug-likeness (QED) is 0.470. The average molecular weight is 220 g/mol. The Morgan fingerprint density at radius 1 is 1.33 bits per heavy atom. The van der Waals surface area contributed by atoms with Crippen LogP contribution in [0, 0.1) is 0 Å². The Hall–Kier alpha value is -1.79. The van der Waals surface area contributed by atoms with E-state index in [0.29, 0.717) is 0 Å². The molecule has 0 aliphatic heterocycles. The van der Waals surface area contributed by atoms with Crippen molar-refractivity contribution >= 4 is 23.6 Å². The number of hydrogen-bond donors (Lipinski definition) is 2. The van der Waals surface area contributed by atoms with Crippen LogP contribution in [0.3, 0.4) is 0 Å². The van der Waals surface area contributed by atoms with Crippen LogP contribution in [0.15, 0.2) is 34.6 Å². The van der Waals surface area contributed by atoms with Crippen molar-refractivity contribution in [2.75, 3.05) is 0 Å². The molecule has 1 aromatic carbocycles. The lowest BCUT2D eigenvalue weighted by Crippen LogP contribution is -2.00. The van der Waals surface area contributed by atoms with Crippen molar-refractivity contribution in [3.05, 3.63) is 29.6 Å². The topological polar surface area (TPSA) is 70.4 Å². The van der Waals surface area contributed by atoms with Crippen molar-refractivity contribution in [1.29, 1.82) is 0 Å². The van der Waals surface area contributed by atoms with Gasteiger partial charge < -0.3 is 0 Å². The van der Waals surface area contributed by atoms with Gasteiger partial charge in [-0.3, -0.25) is 10.7 Å². The fourth-order valence-corrected chi connectivity index (χ4v) is 1.58. The Labute approximate surface area is 90.2 Å². The van der Waals surface area contributed by atoms with Gasteiger partial charge in [0.25, 0.3) is 0 Å². The van der Waals surface area contributed by atoms with Gasteiger partial charge in [-0.05, 0) is 23.7 Å². The molecule has 0 atom stereocenters. The van der Waals surface area contributed by atoms with Gasteiger partial charge in [0.15, 0.2) is 0 Å². The van der Waals surface area contributed by atoms with E-state index in [0.717, 1.165) is 16.9 Å². The normalized spacial score (nSPS) is 10.7. The zero-order chi connectivity index (χ0) is 10.5. The van der Waals surface area contributed by atoms with E-state index < -0.39 is 0 Å². The van der Waals surface area contributed by atoms with Crippen LogP contribution in [0.5, 0.6) is 0 Å². The Bertz CT molecular complexity index is 438. The van der Waals surface area contributed by atoms with E-state index in [4.69, 9.17) is 5.21 Å². The first-order valence-electron chi connectivity index (χ1n) is 4.20. The SMILES string of the molecule is ONC=Nc1ccc(-c2csnn2)cc1. The Kier molecular flexibility index (Phi) is 3.01. The molecular weight excluding hydrogens is 212 g/mol. The number of benzene rings is 1. The summed E-state index contributed by atoms with van der Waals surface area (Å²) >= 11 is 1.32. The lowest BCUT2D eigenvalue weighted by atomic mass is 10.1. The highest BCUT2D eigenvalue weighted by molar-refractivity contribution is 7.03. The summed E-state index contributed by atoms with van der Waals surface area (Å²) in [4.78, 5) is 3.93. The van der Waals surface area contributed by atoms with Gasteiger partial charge in [0.2, 0.25) is 0 Å². The summed E-state index contributed by atoms with van der Waals surface area (Å²) < 4.78 is 3.79. The Morgan fingerprint density at radius 3 is 2.73 bits per heavy atom. The molecular formula is C9H8N4OS. The minimum Gasteiger partial charge on any atom is -0.290 e. The molecule has 6 heteroatoms. The van der Waals surface area contributed by atoms with Crippen LogP contribution < -0.4 is 5.48 Å². The first-order chi connectivity index (χ1) is 7.40. The van der Waals surface area contributed by atoms with Crippen molar-refractivity contribution in [1.82, 2.24) is 15.1 Å². The van der Waals surface area contributed by atoms with Crippen molar-refractivity contribution in [3.8, 4) is 11.3 Å². The fraction of sp³-hybridized carbons (Fsp3) is 0. The number of aliphatic imine (C=N–C) groups is 1. The number of hydrogen-bond acceptors (Lipinski definition) is 5. The van der Waals surface area contributed by atoms with E-state index in [-0.39, 0.29) is 0 Å². The van der Waals surface area contributed by atoms with Crippen LogP contribution in [0.1, 0.15) is 0 Å². The molecule has 2 aromatic rings. The van der Waals surface area contributed by atoms with E-state index in [9.17, 15) is 0 Å². The van der Waals surface area contributed by atoms with E-state index >= 15 is 0 Å². The smallest absolute Gasteiger partial charge is 0.113 e. The lowest BCUT2D eigenvalue weighted by Gasteiger charge is -1.96. The summed E-state index contributed by atoms with van der Waals surface area (Å²) in [7, 11) is 0. The van der Waals surface area contributed by atoms with Gasteiger partial charge in [0.05, 0.1) is 5.69 Å². The maximum Gasteiger partial charge on any atom is 0.113 e. The summed E-state index contributed by atoms with van der Waals surface area (Å²) in [5.74, 6) is 0. The maximum atomic E-state index is 8.32. The molecule has 1 heterocycles. The molecule has 5 nitrogen and oxygen atoms in total. The second-order valence-electron chi connectivity index (χ2n) is 2.72. The van der Waals surface area contributed by atoms with Gasteiger partial charge in [-0.25, -0.2) is 4.99 Å². The second kappa shape index (κ2) is 4.63. The number of nitrogens with one attached hydrogen (secondary N) is 1. The summed E-state index contributed by atoms with van der Waals surface area (Å²) in [6.45, 7) is 0. The summed E-state index contributed by atoms with van der Waals surface area (Å²) in [5, 5.41) is 14.2. The number of aromatic nitrogens is 2. The minimum atomic E-state index is 0.753. The Morgan fingerprint density at radius 2 is 2.13 bits per heavy atom. The van der Waals surface area contributed by atoms with E-state index in [2.05, 4.69) is 14.6 Å². The Balaban J connectivity index is 2.21. The molecule has 0 unspecified atom stereocenters. The third kappa shape index (κ3) is 2.36. The molecule has 0 bridgehead atoms. The molecule has 0 saturated heterocycles. The monoisotopic (exact) mass is 220 g/mol. The summed E-state index contributed by atoms with van der Waals surface area (Å²) in [5.41, 5.74) is 4.46. The van der Waals surface area contributed by atoms with E-state index in [1.54, 1.807) is 0 Å². The predicted molar refractivity (Wildman–Crippen MR) is 58.4 cm³/mol. The molecule has 2 N–H and O–H groups in total. The van der Waals surface area contributed by atoms with E-state index in [1.165, 1.54) is 17.9 Å². The standard InChI is InChI=1S/C9H8N4OS/c14-11-6-10-8-3-1-7(2-4-8)9-5-15-13-12-9/h1-6,14H,(H,10,11). The first-order valence-corrected chi connectivity index (χ1v) is 5.03. The van der Waals surface area contributed by atoms with Gasteiger partial charge in [0, 0.05) is 10.9 Å². The molecule has 0 fully saturated rings. The molecule has 15 heavy (non-hydrogen) atoms. The van der Waals surface area contributed by atoms with Crippen LogP contribution >= 0.6 is 11.5 Å². The fourth-order valence-electron chi connectivity index (χ4n) is 1.11. The third-order valence-corrected chi connectivity index (χ3v) is 2.30. The number of rotatable bonds is 3. The minimum absolute atomic E-state index is 0.753. The van der Waals surface area contributed by atoms with Crippen molar-refractivity contribution < 1.29 is 5.21 Å². The van der Waals surface area contributed by atoms with Gasteiger partial charge >= 0.3 is 0 Å². The van der Waals surface area contributed by atoms with Crippen LogP contribution in [0.4, 0.5) is 5.69 Å². The third-order valence-electron chi connectivity index (χ3n) is 1.79. The molecule has 76 valence electrons.